The van der Waals surface area contributed by atoms with Gasteiger partial charge in [-0.15, -0.1) is 0 Å². The summed E-state index contributed by atoms with van der Waals surface area (Å²) in [4.78, 5) is 31.6. The number of piperazine rings is 1. The molecule has 30 heavy (non-hydrogen) atoms. The third-order valence-electron chi connectivity index (χ3n) is 4.87. The molecule has 1 amide bonds. The van der Waals surface area contributed by atoms with Crippen molar-refractivity contribution < 1.29 is 9.72 Å². The van der Waals surface area contributed by atoms with Gasteiger partial charge in [-0.1, -0.05) is 29.8 Å². The Bertz CT molecular complexity index is 1060. The first-order chi connectivity index (χ1) is 14.5. The number of rotatable bonds is 5. The molecule has 2 heterocycles. The molecule has 1 saturated heterocycles. The second-order valence-corrected chi connectivity index (χ2v) is 8.05. The summed E-state index contributed by atoms with van der Waals surface area (Å²) >= 11 is 7.27. The van der Waals surface area contributed by atoms with Crippen molar-refractivity contribution in [3.05, 3.63) is 80.6 Å². The zero-order valence-electron chi connectivity index (χ0n) is 15.9. The Labute approximate surface area is 182 Å². The van der Waals surface area contributed by atoms with Crippen LogP contribution >= 0.6 is 23.1 Å². The molecule has 0 radical (unpaired) electrons. The Morgan fingerprint density at radius 3 is 2.57 bits per heavy atom. The van der Waals surface area contributed by atoms with Gasteiger partial charge >= 0.3 is 0 Å². The van der Waals surface area contributed by atoms with Crippen LogP contribution in [0, 0.1) is 10.1 Å². The number of hydrogen-bond acceptors (Lipinski definition) is 7. The number of amides is 1. The van der Waals surface area contributed by atoms with Gasteiger partial charge in [0.15, 0.2) is 0 Å². The maximum atomic E-state index is 12.7. The summed E-state index contributed by atoms with van der Waals surface area (Å²) in [5.74, 6) is 0.562. The molecule has 0 saturated carbocycles. The third kappa shape index (κ3) is 4.58. The molecule has 0 spiro atoms. The van der Waals surface area contributed by atoms with Crippen LogP contribution in [-0.4, -0.2) is 51.3 Å². The van der Waals surface area contributed by atoms with Gasteiger partial charge in [0.2, 0.25) is 5.13 Å². The van der Waals surface area contributed by atoms with E-state index in [1.165, 1.54) is 29.7 Å². The lowest BCUT2D eigenvalue weighted by atomic mass is 10.1. The zero-order chi connectivity index (χ0) is 21.1. The van der Waals surface area contributed by atoms with Crippen molar-refractivity contribution in [3.8, 4) is 0 Å². The number of hydrogen-bond donors (Lipinski definition) is 0. The van der Waals surface area contributed by atoms with E-state index < -0.39 is 4.92 Å². The van der Waals surface area contributed by atoms with E-state index in [4.69, 9.17) is 11.6 Å². The molecule has 0 aliphatic carbocycles. The van der Waals surface area contributed by atoms with E-state index in [0.717, 1.165) is 16.5 Å². The van der Waals surface area contributed by atoms with E-state index in [9.17, 15) is 14.9 Å². The van der Waals surface area contributed by atoms with Gasteiger partial charge in [0.05, 0.1) is 4.92 Å². The monoisotopic (exact) mass is 443 g/mol. The Kier molecular flexibility index (Phi) is 5.91. The smallest absolute Gasteiger partial charge is 0.270 e. The number of halogens is 1. The molecule has 1 aliphatic rings. The summed E-state index contributed by atoms with van der Waals surface area (Å²) in [5.41, 5.74) is 1.34. The molecule has 154 valence electrons. The average molecular weight is 444 g/mol. The Morgan fingerprint density at radius 2 is 1.87 bits per heavy atom. The molecule has 0 unspecified atom stereocenters. The van der Waals surface area contributed by atoms with Crippen LogP contribution in [0.5, 0.6) is 0 Å². The molecule has 1 aliphatic heterocycles. The molecule has 3 aromatic rings. The van der Waals surface area contributed by atoms with E-state index in [0.29, 0.717) is 43.2 Å². The summed E-state index contributed by atoms with van der Waals surface area (Å²) in [7, 11) is 0. The maximum absolute atomic E-state index is 12.7. The Hall–Kier alpha value is -3.04. The molecule has 8 nitrogen and oxygen atoms in total. The number of anilines is 1. The first-order valence-electron chi connectivity index (χ1n) is 9.35. The van der Waals surface area contributed by atoms with E-state index in [2.05, 4.69) is 14.3 Å². The van der Waals surface area contributed by atoms with Gasteiger partial charge in [0.1, 0.15) is 5.82 Å². The molecule has 1 aromatic heterocycles. The average Bonchev–Trinajstić information content (AvgIpc) is 3.23. The fraction of sp³-hybridized carbons (Fsp3) is 0.250. The first kappa shape index (κ1) is 20.2. The molecule has 0 atom stereocenters. The predicted octanol–water partition coefficient (Wildman–Crippen LogP) is 3.65. The van der Waals surface area contributed by atoms with Gasteiger partial charge in [0.25, 0.3) is 11.6 Å². The topological polar surface area (TPSA) is 92.5 Å². The number of benzene rings is 2. The predicted molar refractivity (Wildman–Crippen MR) is 115 cm³/mol. The van der Waals surface area contributed by atoms with Crippen molar-refractivity contribution in [2.75, 3.05) is 31.1 Å². The first-order valence-corrected chi connectivity index (χ1v) is 10.5. The van der Waals surface area contributed by atoms with Crippen molar-refractivity contribution in [1.82, 2.24) is 14.3 Å². The standard InChI is InChI=1S/C20H18ClN5O3S/c21-16-6-4-14(5-7-16)12-18-22-20(30-23-18)25-10-8-24(9-11-25)19(27)15-2-1-3-17(13-15)26(28)29/h1-7,13H,8-12H2. The van der Waals surface area contributed by atoms with Crippen LogP contribution in [0.1, 0.15) is 21.7 Å². The van der Waals surface area contributed by atoms with E-state index in [1.807, 2.05) is 24.3 Å². The summed E-state index contributed by atoms with van der Waals surface area (Å²) < 4.78 is 4.45. The largest absolute Gasteiger partial charge is 0.343 e. The van der Waals surface area contributed by atoms with Gasteiger partial charge in [-0.05, 0) is 23.8 Å². The lowest BCUT2D eigenvalue weighted by Gasteiger charge is -2.34. The minimum atomic E-state index is -0.494. The highest BCUT2D eigenvalue weighted by Crippen LogP contribution is 2.22. The minimum Gasteiger partial charge on any atom is -0.343 e. The summed E-state index contributed by atoms with van der Waals surface area (Å²) in [6.45, 7) is 2.31. The van der Waals surface area contributed by atoms with Gasteiger partial charge in [-0.3, -0.25) is 14.9 Å². The van der Waals surface area contributed by atoms with Gasteiger partial charge in [-0.25, -0.2) is 4.98 Å². The number of non-ortho nitro benzene ring substituents is 1. The molecule has 0 bridgehead atoms. The van der Waals surface area contributed by atoms with E-state index in [1.54, 1.807) is 11.0 Å². The van der Waals surface area contributed by atoms with Crippen LogP contribution in [-0.2, 0) is 6.42 Å². The molecule has 4 rings (SSSR count). The lowest BCUT2D eigenvalue weighted by Crippen LogP contribution is -2.48. The quantitative estimate of drug-likeness (QED) is 0.441. The highest BCUT2D eigenvalue weighted by molar-refractivity contribution is 7.09. The number of nitro groups is 1. The third-order valence-corrected chi connectivity index (χ3v) is 5.94. The van der Waals surface area contributed by atoms with Crippen LogP contribution < -0.4 is 4.90 Å². The van der Waals surface area contributed by atoms with Crippen molar-refractivity contribution in [2.24, 2.45) is 0 Å². The summed E-state index contributed by atoms with van der Waals surface area (Å²) in [6, 6.07) is 13.5. The van der Waals surface area contributed by atoms with Crippen LogP contribution in [0.25, 0.3) is 0 Å². The van der Waals surface area contributed by atoms with Gasteiger partial charge in [0, 0.05) is 66.9 Å². The Morgan fingerprint density at radius 1 is 1.13 bits per heavy atom. The van der Waals surface area contributed by atoms with Crippen LogP contribution in [0.15, 0.2) is 48.5 Å². The number of carbonyl (C=O) groups excluding carboxylic acids is 1. The number of carbonyl (C=O) groups is 1. The molecular formula is C20H18ClN5O3S. The van der Waals surface area contributed by atoms with Gasteiger partial charge in [-0.2, -0.15) is 4.37 Å². The second kappa shape index (κ2) is 8.76. The fourth-order valence-corrected chi connectivity index (χ4v) is 4.13. The molecule has 10 heteroatoms. The normalized spacial score (nSPS) is 14.0. The molecule has 2 aromatic carbocycles. The molecule has 1 fully saturated rings. The van der Waals surface area contributed by atoms with Crippen molar-refractivity contribution in [3.63, 3.8) is 0 Å². The van der Waals surface area contributed by atoms with Crippen molar-refractivity contribution in [2.45, 2.75) is 6.42 Å². The van der Waals surface area contributed by atoms with Crippen LogP contribution in [0.4, 0.5) is 10.8 Å². The van der Waals surface area contributed by atoms with Crippen molar-refractivity contribution >= 4 is 39.9 Å². The lowest BCUT2D eigenvalue weighted by molar-refractivity contribution is -0.384. The summed E-state index contributed by atoms with van der Waals surface area (Å²) in [6.07, 6.45) is 0.638. The Balaban J connectivity index is 1.36. The van der Waals surface area contributed by atoms with Gasteiger partial charge < -0.3 is 9.80 Å². The zero-order valence-corrected chi connectivity index (χ0v) is 17.5. The highest BCUT2D eigenvalue weighted by Gasteiger charge is 2.25. The minimum absolute atomic E-state index is 0.0819. The molecule has 0 N–H and O–H groups in total. The number of nitro benzene ring substituents is 1. The fourth-order valence-electron chi connectivity index (χ4n) is 3.27. The highest BCUT2D eigenvalue weighted by atomic mass is 35.5. The number of nitrogens with zero attached hydrogens (tertiary/aromatic N) is 5. The van der Waals surface area contributed by atoms with Crippen molar-refractivity contribution in [1.29, 1.82) is 0 Å². The van der Waals surface area contributed by atoms with Crippen LogP contribution in [0.3, 0.4) is 0 Å². The molecular weight excluding hydrogens is 426 g/mol. The number of aromatic nitrogens is 2. The maximum Gasteiger partial charge on any atom is 0.270 e. The summed E-state index contributed by atoms with van der Waals surface area (Å²) in [5, 5.41) is 12.5. The van der Waals surface area contributed by atoms with E-state index in [-0.39, 0.29) is 11.6 Å². The van der Waals surface area contributed by atoms with Crippen LogP contribution in [0.2, 0.25) is 5.02 Å². The SMILES string of the molecule is O=C(c1cccc([N+](=O)[O-])c1)N1CCN(c2nc(Cc3ccc(Cl)cc3)ns2)CC1. The second-order valence-electron chi connectivity index (χ2n) is 6.88. The van der Waals surface area contributed by atoms with E-state index >= 15 is 0 Å².